The molecular weight excluding hydrogens is 464 g/mol. The Morgan fingerprint density at radius 3 is 2.27 bits per heavy atom. The summed E-state index contributed by atoms with van der Waals surface area (Å²) in [4.78, 5) is 15.9. The van der Waals surface area contributed by atoms with Gasteiger partial charge in [0, 0.05) is 33.1 Å². The minimum absolute atomic E-state index is 0.00352. The van der Waals surface area contributed by atoms with E-state index in [1.54, 1.807) is 23.9 Å². The minimum Gasteiger partial charge on any atom is -0.393 e. The molecule has 0 radical (unpaired) electrons. The van der Waals surface area contributed by atoms with E-state index < -0.39 is 6.10 Å². The summed E-state index contributed by atoms with van der Waals surface area (Å²) in [5.41, 5.74) is 0.572. The van der Waals surface area contributed by atoms with E-state index >= 15 is 0 Å². The molecule has 1 heterocycles. The van der Waals surface area contributed by atoms with Crippen LogP contribution in [0.3, 0.4) is 0 Å². The number of hydrogen-bond acceptors (Lipinski definition) is 4. The topological polar surface area (TPSA) is 73.2 Å². The van der Waals surface area contributed by atoms with Crippen molar-refractivity contribution < 1.29 is 19.7 Å². The number of likely N-dealkylation sites (N-methyl/N-ethyl adjacent to an activating group) is 1. The van der Waals surface area contributed by atoms with Crippen molar-refractivity contribution in [1.82, 2.24) is 9.80 Å². The van der Waals surface area contributed by atoms with E-state index in [9.17, 15) is 15.0 Å². The van der Waals surface area contributed by atoms with Crippen LogP contribution in [0.5, 0.6) is 0 Å². The van der Waals surface area contributed by atoms with Crippen molar-refractivity contribution in [2.75, 3.05) is 27.7 Å². The van der Waals surface area contributed by atoms with Crippen molar-refractivity contribution in [3.8, 4) is 0 Å². The van der Waals surface area contributed by atoms with Gasteiger partial charge in [-0.2, -0.15) is 0 Å². The first-order valence-electron chi connectivity index (χ1n) is 15.1. The van der Waals surface area contributed by atoms with Gasteiger partial charge in [-0.3, -0.25) is 0 Å². The first kappa shape index (κ1) is 26.4. The number of hydrogen-bond donors (Lipinski definition) is 2. The van der Waals surface area contributed by atoms with Gasteiger partial charge in [-0.05, 0) is 96.7 Å². The molecule has 0 aromatic rings. The lowest BCUT2D eigenvalue weighted by atomic mass is 9.41. The number of carbonyl (C=O) groups is 1. The van der Waals surface area contributed by atoms with Crippen LogP contribution in [0.4, 0.5) is 4.79 Å². The zero-order valence-corrected chi connectivity index (χ0v) is 24.6. The summed E-state index contributed by atoms with van der Waals surface area (Å²) >= 11 is 0. The van der Waals surface area contributed by atoms with Crippen LogP contribution >= 0.6 is 0 Å². The number of carbonyl (C=O) groups excluding carboxylic acids is 1. The van der Waals surface area contributed by atoms with Crippen molar-refractivity contribution in [2.45, 2.75) is 110 Å². The van der Waals surface area contributed by atoms with Crippen molar-refractivity contribution in [3.05, 3.63) is 0 Å². The summed E-state index contributed by atoms with van der Waals surface area (Å²) in [6.45, 7) is 12.5. The number of amides is 2. The highest BCUT2D eigenvalue weighted by atomic mass is 16.5. The van der Waals surface area contributed by atoms with Crippen molar-refractivity contribution >= 4 is 6.03 Å². The Bertz CT molecular complexity index is 969. The highest BCUT2D eigenvalue weighted by Crippen LogP contribution is 2.89. The summed E-state index contributed by atoms with van der Waals surface area (Å²) in [5, 5.41) is 23.2. The largest absolute Gasteiger partial charge is 0.393 e. The third-order valence-electron chi connectivity index (χ3n) is 14.0. The number of fused-ring (bicyclic) bond motifs is 4. The van der Waals surface area contributed by atoms with Crippen molar-refractivity contribution in [1.29, 1.82) is 0 Å². The van der Waals surface area contributed by atoms with Crippen molar-refractivity contribution in [2.24, 2.45) is 50.7 Å². The van der Waals surface area contributed by atoms with E-state index in [-0.39, 0.29) is 40.6 Å². The van der Waals surface area contributed by atoms with Crippen LogP contribution in [0, 0.1) is 50.7 Å². The van der Waals surface area contributed by atoms with Crippen LogP contribution in [-0.4, -0.2) is 78.1 Å². The summed E-state index contributed by atoms with van der Waals surface area (Å²) in [5.74, 6) is 1.93. The van der Waals surface area contributed by atoms with Crippen LogP contribution in [0.15, 0.2) is 0 Å². The zero-order valence-electron chi connectivity index (χ0n) is 24.6. The van der Waals surface area contributed by atoms with Crippen LogP contribution < -0.4 is 0 Å². The molecule has 37 heavy (non-hydrogen) atoms. The zero-order chi connectivity index (χ0) is 26.9. The maximum Gasteiger partial charge on any atom is 0.319 e. The van der Waals surface area contributed by atoms with Gasteiger partial charge in [0.2, 0.25) is 0 Å². The fourth-order valence-corrected chi connectivity index (χ4v) is 12.2. The highest BCUT2D eigenvalue weighted by molar-refractivity contribution is 5.73. The van der Waals surface area contributed by atoms with Crippen molar-refractivity contribution in [3.63, 3.8) is 0 Å². The Kier molecular flexibility index (Phi) is 5.61. The van der Waals surface area contributed by atoms with Crippen LogP contribution in [-0.2, 0) is 4.74 Å². The summed E-state index contributed by atoms with van der Waals surface area (Å²) < 4.78 is 6.80. The Balaban J connectivity index is 1.30. The normalized spacial score (nSPS) is 55.2. The number of rotatable bonds is 2. The van der Waals surface area contributed by atoms with Crippen LogP contribution in [0.2, 0.25) is 0 Å². The van der Waals surface area contributed by atoms with Gasteiger partial charge in [0.05, 0.1) is 24.4 Å². The molecule has 6 nitrogen and oxygen atoms in total. The van der Waals surface area contributed by atoms with E-state index in [1.807, 2.05) is 7.05 Å². The standard InChI is InChI=1S/C31H52N2O4/c1-18-15-19(16-33(8)26(36)32(6)7)37-24-23(18)28(4)13-14-31-17-30(31)12-11-22(34)27(2,3)20(30)9-10-21(31)29(28,5)25(24)35/h18-25,34-35H,9-17H2,1-8H3/t18-,19?,20+,21?,22+,23+,24?,25+,28-,29-,30-,31+/m1/s1. The molecule has 1 saturated heterocycles. The molecule has 2 N–H and O–H groups in total. The van der Waals surface area contributed by atoms with Gasteiger partial charge < -0.3 is 24.7 Å². The van der Waals surface area contributed by atoms with E-state index in [0.717, 1.165) is 19.3 Å². The van der Waals surface area contributed by atoms with Gasteiger partial charge in [0.1, 0.15) is 0 Å². The number of aliphatic hydroxyl groups excluding tert-OH is 2. The Morgan fingerprint density at radius 1 is 0.946 bits per heavy atom. The molecule has 0 aromatic carbocycles. The second-order valence-corrected chi connectivity index (χ2v) is 15.7. The van der Waals surface area contributed by atoms with Gasteiger partial charge in [-0.1, -0.05) is 34.6 Å². The molecular formula is C31H52N2O4. The van der Waals surface area contributed by atoms with Crippen LogP contribution in [0.1, 0.15) is 86.0 Å². The van der Waals surface area contributed by atoms with E-state index in [4.69, 9.17) is 4.74 Å². The summed E-state index contributed by atoms with van der Waals surface area (Å²) in [7, 11) is 5.43. The number of nitrogens with zero attached hydrogens (tertiary/aromatic N) is 2. The smallest absolute Gasteiger partial charge is 0.319 e. The predicted molar refractivity (Wildman–Crippen MR) is 144 cm³/mol. The first-order chi connectivity index (χ1) is 17.2. The molecule has 2 spiro atoms. The lowest BCUT2D eigenvalue weighted by Gasteiger charge is -2.63. The monoisotopic (exact) mass is 516 g/mol. The molecule has 12 atom stereocenters. The molecule has 5 aliphatic carbocycles. The van der Waals surface area contributed by atoms with Gasteiger partial charge in [-0.25, -0.2) is 4.79 Å². The third kappa shape index (κ3) is 3.02. The summed E-state index contributed by atoms with van der Waals surface area (Å²) in [6.07, 6.45) is 8.29. The average molecular weight is 517 g/mol. The Labute approximate surface area is 224 Å². The fraction of sp³-hybridized carbons (Fsp3) is 0.968. The second kappa shape index (κ2) is 7.87. The molecule has 0 aromatic heterocycles. The Hall–Kier alpha value is -0.850. The molecule has 6 aliphatic rings. The summed E-state index contributed by atoms with van der Waals surface area (Å²) in [6, 6.07) is -0.00352. The quantitative estimate of drug-likeness (QED) is 0.554. The maximum absolute atomic E-state index is 12.5. The number of ether oxygens (including phenoxy) is 1. The number of aliphatic hydroxyl groups is 2. The lowest BCUT2D eigenvalue weighted by Crippen LogP contribution is -2.59. The average Bonchev–Trinajstić information content (AvgIpc) is 3.46. The highest BCUT2D eigenvalue weighted by Gasteiger charge is 2.84. The van der Waals surface area contributed by atoms with E-state index in [1.165, 1.54) is 32.1 Å². The maximum atomic E-state index is 12.5. The molecule has 210 valence electrons. The van der Waals surface area contributed by atoms with Gasteiger partial charge in [0.25, 0.3) is 0 Å². The number of urea groups is 1. The molecule has 2 amide bonds. The third-order valence-corrected chi connectivity index (χ3v) is 14.0. The molecule has 6 rings (SSSR count). The van der Waals surface area contributed by atoms with Gasteiger partial charge >= 0.3 is 6.03 Å². The van der Waals surface area contributed by atoms with E-state index in [0.29, 0.717) is 41.0 Å². The van der Waals surface area contributed by atoms with Crippen LogP contribution in [0.25, 0.3) is 0 Å². The fourth-order valence-electron chi connectivity index (χ4n) is 12.2. The second-order valence-electron chi connectivity index (χ2n) is 15.7. The van der Waals surface area contributed by atoms with Gasteiger partial charge in [-0.15, -0.1) is 0 Å². The molecule has 5 saturated carbocycles. The first-order valence-corrected chi connectivity index (χ1v) is 15.1. The lowest BCUT2D eigenvalue weighted by molar-refractivity contribution is -0.182. The SMILES string of the molecule is C[C@@H]1CC(CN(C)C(=O)N(C)C)OC2[C@H]1[C@@]1(C)CC[C@@]34C[C@@]35CC[C@H](O)C(C)(C)[C@@H]5CCC4[C@]1(C)[C@H]2O. The predicted octanol–water partition coefficient (Wildman–Crippen LogP) is 4.77. The molecule has 0 bridgehead atoms. The molecule has 6 fully saturated rings. The minimum atomic E-state index is -0.471. The molecule has 6 heteroatoms. The molecule has 3 unspecified atom stereocenters. The Morgan fingerprint density at radius 2 is 1.59 bits per heavy atom. The van der Waals surface area contributed by atoms with E-state index in [2.05, 4.69) is 34.6 Å². The van der Waals surface area contributed by atoms with Gasteiger partial charge in [0.15, 0.2) is 0 Å². The molecule has 1 aliphatic heterocycles.